The van der Waals surface area contributed by atoms with E-state index in [1.54, 1.807) is 0 Å². The van der Waals surface area contributed by atoms with Crippen LogP contribution in [0.5, 0.6) is 0 Å². The van der Waals surface area contributed by atoms with E-state index in [4.69, 9.17) is 0 Å². The molecule has 4 heteroatoms. The third kappa shape index (κ3) is 3.22. The molecule has 2 aliphatic heterocycles. The van der Waals surface area contributed by atoms with E-state index in [-0.39, 0.29) is 17.7 Å². The van der Waals surface area contributed by atoms with Gasteiger partial charge in [-0.3, -0.25) is 9.59 Å². The predicted molar refractivity (Wildman–Crippen MR) is 79.5 cm³/mol. The van der Waals surface area contributed by atoms with Gasteiger partial charge >= 0.3 is 0 Å². The van der Waals surface area contributed by atoms with Gasteiger partial charge in [0.15, 0.2) is 0 Å². The number of likely N-dealkylation sites (tertiary alicyclic amines) is 1. The molecular formula is C16H28N2O2. The highest BCUT2D eigenvalue weighted by Crippen LogP contribution is 2.28. The molecule has 2 atom stereocenters. The van der Waals surface area contributed by atoms with Gasteiger partial charge in [0.25, 0.3) is 5.91 Å². The van der Waals surface area contributed by atoms with Gasteiger partial charge in [-0.1, -0.05) is 20.8 Å². The van der Waals surface area contributed by atoms with Crippen LogP contribution in [0.25, 0.3) is 0 Å². The van der Waals surface area contributed by atoms with Crippen LogP contribution in [0.4, 0.5) is 0 Å². The predicted octanol–water partition coefficient (Wildman–Crippen LogP) is 2.12. The van der Waals surface area contributed by atoms with E-state index in [2.05, 4.69) is 5.32 Å². The topological polar surface area (TPSA) is 49.4 Å². The average molecular weight is 280 g/mol. The largest absolute Gasteiger partial charge is 0.333 e. The number of carbonyl (C=O) groups is 2. The molecular weight excluding hydrogens is 252 g/mol. The van der Waals surface area contributed by atoms with Crippen molar-refractivity contribution in [2.45, 2.75) is 71.4 Å². The first kappa shape index (κ1) is 15.5. The van der Waals surface area contributed by atoms with E-state index in [1.165, 1.54) is 12.8 Å². The molecule has 0 aromatic rings. The van der Waals surface area contributed by atoms with Crippen molar-refractivity contribution < 1.29 is 9.59 Å². The second-order valence-electron chi connectivity index (χ2n) is 6.89. The van der Waals surface area contributed by atoms with Crippen molar-refractivity contribution in [2.75, 3.05) is 13.1 Å². The van der Waals surface area contributed by atoms with E-state index in [0.717, 1.165) is 32.4 Å². The van der Waals surface area contributed by atoms with Gasteiger partial charge in [0.05, 0.1) is 0 Å². The quantitative estimate of drug-likeness (QED) is 0.785. The minimum absolute atomic E-state index is 0.216. The molecule has 0 aromatic carbocycles. The molecule has 114 valence electrons. The minimum Gasteiger partial charge on any atom is -0.333 e. The Kier molecular flexibility index (Phi) is 4.84. The number of carbonyl (C=O) groups excluding carboxylic acids is 2. The first-order valence-electron chi connectivity index (χ1n) is 8.04. The number of Topliss-reactive ketones (excluding diaryl/α,β-unsaturated/α-hetero) is 1. The summed E-state index contributed by atoms with van der Waals surface area (Å²) in [6, 6.07) is 0.789. The third-order valence-corrected chi connectivity index (χ3v) is 5.05. The van der Waals surface area contributed by atoms with E-state index in [0.29, 0.717) is 12.5 Å². The maximum Gasteiger partial charge on any atom is 0.290 e. The molecule has 2 heterocycles. The van der Waals surface area contributed by atoms with E-state index < -0.39 is 5.41 Å². The zero-order valence-electron chi connectivity index (χ0n) is 13.1. The van der Waals surface area contributed by atoms with Gasteiger partial charge in [-0.05, 0) is 45.1 Å². The number of rotatable bonds is 5. The summed E-state index contributed by atoms with van der Waals surface area (Å²) in [5.74, 6) is -0.469. The van der Waals surface area contributed by atoms with Crippen molar-refractivity contribution in [3.8, 4) is 0 Å². The summed E-state index contributed by atoms with van der Waals surface area (Å²) < 4.78 is 0. The molecule has 20 heavy (non-hydrogen) atoms. The molecule has 0 radical (unpaired) electrons. The number of nitrogens with zero attached hydrogens (tertiary/aromatic N) is 1. The second-order valence-corrected chi connectivity index (χ2v) is 6.89. The van der Waals surface area contributed by atoms with Crippen LogP contribution < -0.4 is 5.32 Å². The Bertz CT molecular complexity index is 373. The number of hydrogen-bond donors (Lipinski definition) is 1. The fourth-order valence-corrected chi connectivity index (χ4v) is 3.21. The van der Waals surface area contributed by atoms with Crippen molar-refractivity contribution in [3.05, 3.63) is 0 Å². The second kappa shape index (κ2) is 6.25. The van der Waals surface area contributed by atoms with Gasteiger partial charge in [0, 0.05) is 24.0 Å². The molecule has 2 unspecified atom stereocenters. The Morgan fingerprint density at radius 2 is 2.00 bits per heavy atom. The van der Waals surface area contributed by atoms with Crippen molar-refractivity contribution in [2.24, 2.45) is 5.41 Å². The Balaban J connectivity index is 1.98. The van der Waals surface area contributed by atoms with Crippen LogP contribution >= 0.6 is 0 Å². The third-order valence-electron chi connectivity index (χ3n) is 5.05. The zero-order valence-corrected chi connectivity index (χ0v) is 13.1. The minimum atomic E-state index is -0.532. The van der Waals surface area contributed by atoms with Crippen molar-refractivity contribution >= 4 is 11.7 Å². The summed E-state index contributed by atoms with van der Waals surface area (Å²) in [6.07, 6.45) is 6.22. The lowest BCUT2D eigenvalue weighted by molar-refractivity contribution is -0.150. The van der Waals surface area contributed by atoms with Gasteiger partial charge in [0.1, 0.15) is 0 Å². The molecule has 2 saturated heterocycles. The molecule has 0 bridgehead atoms. The van der Waals surface area contributed by atoms with Gasteiger partial charge in [0.2, 0.25) is 5.78 Å². The molecule has 2 aliphatic rings. The molecule has 1 N–H and O–H groups in total. The normalized spacial score (nSPS) is 27.1. The first-order valence-corrected chi connectivity index (χ1v) is 8.04. The molecule has 2 rings (SSSR count). The van der Waals surface area contributed by atoms with Crippen LogP contribution in [0, 0.1) is 5.41 Å². The van der Waals surface area contributed by atoms with Crippen LogP contribution in [-0.2, 0) is 9.59 Å². The number of nitrogens with one attached hydrogen (secondary N) is 1. The Labute approximate surface area is 122 Å². The molecule has 0 saturated carbocycles. The zero-order chi connectivity index (χ0) is 14.8. The summed E-state index contributed by atoms with van der Waals surface area (Å²) in [5.41, 5.74) is -0.532. The van der Waals surface area contributed by atoms with Crippen molar-refractivity contribution in [1.82, 2.24) is 10.2 Å². The fourth-order valence-electron chi connectivity index (χ4n) is 3.21. The summed E-state index contributed by atoms with van der Waals surface area (Å²) in [4.78, 5) is 26.7. The molecule has 0 aliphatic carbocycles. The first-order chi connectivity index (χ1) is 9.45. The van der Waals surface area contributed by atoms with Crippen molar-refractivity contribution in [1.29, 1.82) is 0 Å². The standard InChI is InChI=1S/C16H28N2O2/c1-4-16(2,3)14(19)15(20)18-10-6-8-13(18)11-12-7-5-9-17-12/h12-13,17H,4-11H2,1-3H3. The van der Waals surface area contributed by atoms with Crippen molar-refractivity contribution in [3.63, 3.8) is 0 Å². The SMILES string of the molecule is CCC(C)(C)C(=O)C(=O)N1CCCC1CC1CCCN1. The maximum absolute atomic E-state index is 12.5. The lowest BCUT2D eigenvalue weighted by atomic mass is 9.84. The lowest BCUT2D eigenvalue weighted by Crippen LogP contribution is -2.46. The highest BCUT2D eigenvalue weighted by Gasteiger charge is 2.39. The van der Waals surface area contributed by atoms with Gasteiger partial charge in [-0.25, -0.2) is 0 Å². The number of amides is 1. The van der Waals surface area contributed by atoms with Crippen LogP contribution in [0.15, 0.2) is 0 Å². The Morgan fingerprint density at radius 1 is 1.25 bits per heavy atom. The van der Waals surface area contributed by atoms with E-state index >= 15 is 0 Å². The summed E-state index contributed by atoms with van der Waals surface area (Å²) in [5, 5.41) is 3.49. The summed E-state index contributed by atoms with van der Waals surface area (Å²) in [7, 11) is 0. The van der Waals surface area contributed by atoms with Crippen LogP contribution in [-0.4, -0.2) is 41.8 Å². The molecule has 0 aromatic heterocycles. The maximum atomic E-state index is 12.5. The van der Waals surface area contributed by atoms with E-state index in [1.807, 2.05) is 25.7 Å². The summed E-state index contributed by atoms with van der Waals surface area (Å²) in [6.45, 7) is 7.55. The molecule has 1 amide bonds. The van der Waals surface area contributed by atoms with Crippen LogP contribution in [0.1, 0.15) is 59.3 Å². The molecule has 2 fully saturated rings. The van der Waals surface area contributed by atoms with E-state index in [9.17, 15) is 9.59 Å². The van der Waals surface area contributed by atoms with Gasteiger partial charge in [-0.2, -0.15) is 0 Å². The lowest BCUT2D eigenvalue weighted by Gasteiger charge is -2.29. The smallest absolute Gasteiger partial charge is 0.290 e. The summed E-state index contributed by atoms with van der Waals surface area (Å²) >= 11 is 0. The number of hydrogen-bond acceptors (Lipinski definition) is 3. The van der Waals surface area contributed by atoms with Crippen LogP contribution in [0.2, 0.25) is 0 Å². The Hall–Kier alpha value is -0.900. The Morgan fingerprint density at radius 3 is 2.60 bits per heavy atom. The highest BCUT2D eigenvalue weighted by atomic mass is 16.2. The average Bonchev–Trinajstić information content (AvgIpc) is 3.09. The molecule has 0 spiro atoms. The van der Waals surface area contributed by atoms with Gasteiger partial charge in [-0.15, -0.1) is 0 Å². The fraction of sp³-hybridized carbons (Fsp3) is 0.875. The van der Waals surface area contributed by atoms with Gasteiger partial charge < -0.3 is 10.2 Å². The van der Waals surface area contributed by atoms with Crippen LogP contribution in [0.3, 0.4) is 0 Å². The molecule has 4 nitrogen and oxygen atoms in total. The monoisotopic (exact) mass is 280 g/mol. The highest BCUT2D eigenvalue weighted by molar-refractivity contribution is 6.38. The number of ketones is 1.